The molecule has 1 N–H and O–H groups in total. The molecule has 2 aromatic carbocycles. The van der Waals surface area contributed by atoms with Crippen molar-refractivity contribution in [1.29, 1.82) is 0 Å². The maximum atomic E-state index is 13.2. The second-order valence-corrected chi connectivity index (χ2v) is 8.93. The summed E-state index contributed by atoms with van der Waals surface area (Å²) >= 11 is 6.09. The van der Waals surface area contributed by atoms with Gasteiger partial charge in [0, 0.05) is 27.7 Å². The van der Waals surface area contributed by atoms with Crippen molar-refractivity contribution in [1.82, 2.24) is 3.97 Å². The molecule has 0 aliphatic carbocycles. The molecular formula is C20H15ClFNO5S. The summed E-state index contributed by atoms with van der Waals surface area (Å²) in [6.07, 6.45) is 0.0417. The van der Waals surface area contributed by atoms with Crippen molar-refractivity contribution < 1.29 is 27.4 Å². The third kappa shape index (κ3) is 3.23. The van der Waals surface area contributed by atoms with Gasteiger partial charge in [-0.15, -0.1) is 0 Å². The van der Waals surface area contributed by atoms with Gasteiger partial charge in [-0.05, 0) is 42.5 Å². The van der Waals surface area contributed by atoms with Gasteiger partial charge in [-0.1, -0.05) is 18.2 Å². The monoisotopic (exact) mass is 435 g/mol. The Morgan fingerprint density at radius 2 is 1.93 bits per heavy atom. The van der Waals surface area contributed by atoms with E-state index >= 15 is 0 Å². The van der Waals surface area contributed by atoms with E-state index in [1.54, 1.807) is 0 Å². The number of cyclic esters (lactones) is 1. The SMILES string of the molecule is C=C1C(=O)OCC1C(O)c1cn(S(=O)(=O)c2ccc(F)cc2)c2ccc(Cl)cc12. The molecule has 0 amide bonds. The highest BCUT2D eigenvalue weighted by atomic mass is 35.5. The highest BCUT2D eigenvalue weighted by molar-refractivity contribution is 7.90. The molecule has 29 heavy (non-hydrogen) atoms. The number of fused-ring (bicyclic) bond motifs is 1. The number of aliphatic hydroxyl groups excluding tert-OH is 1. The lowest BCUT2D eigenvalue weighted by Gasteiger charge is -2.15. The first-order chi connectivity index (χ1) is 13.7. The number of hydrogen-bond donors (Lipinski definition) is 1. The fourth-order valence-electron chi connectivity index (χ4n) is 3.36. The number of hydrogen-bond acceptors (Lipinski definition) is 5. The lowest BCUT2D eigenvalue weighted by molar-refractivity contribution is -0.135. The summed E-state index contributed by atoms with van der Waals surface area (Å²) in [6, 6.07) is 9.00. The molecule has 2 heterocycles. The molecule has 0 radical (unpaired) electrons. The molecule has 2 atom stereocenters. The Kier molecular flexibility index (Phi) is 4.72. The molecule has 1 fully saturated rings. The van der Waals surface area contributed by atoms with Gasteiger partial charge in [0.15, 0.2) is 0 Å². The minimum absolute atomic E-state index is 0.0587. The highest BCUT2D eigenvalue weighted by Crippen LogP contribution is 2.38. The zero-order valence-electron chi connectivity index (χ0n) is 14.9. The molecule has 1 aliphatic heterocycles. The third-order valence-electron chi connectivity index (χ3n) is 4.94. The minimum atomic E-state index is -4.08. The van der Waals surface area contributed by atoms with Gasteiger partial charge in [0.1, 0.15) is 12.4 Å². The zero-order valence-corrected chi connectivity index (χ0v) is 16.5. The van der Waals surface area contributed by atoms with Gasteiger partial charge in [0.05, 0.1) is 22.4 Å². The van der Waals surface area contributed by atoms with Gasteiger partial charge in [-0.25, -0.2) is 21.6 Å². The van der Waals surface area contributed by atoms with Crippen molar-refractivity contribution in [2.45, 2.75) is 11.0 Å². The Hall–Kier alpha value is -2.68. The summed E-state index contributed by atoms with van der Waals surface area (Å²) < 4.78 is 45.5. The summed E-state index contributed by atoms with van der Waals surface area (Å²) in [5.74, 6) is -1.88. The molecule has 2 unspecified atom stereocenters. The molecule has 3 aromatic rings. The minimum Gasteiger partial charge on any atom is -0.462 e. The topological polar surface area (TPSA) is 85.6 Å². The molecule has 1 aliphatic rings. The van der Waals surface area contributed by atoms with Gasteiger partial charge >= 0.3 is 5.97 Å². The van der Waals surface area contributed by atoms with Crippen LogP contribution >= 0.6 is 11.6 Å². The van der Waals surface area contributed by atoms with Crippen molar-refractivity contribution in [2.75, 3.05) is 6.61 Å². The van der Waals surface area contributed by atoms with Gasteiger partial charge < -0.3 is 9.84 Å². The molecule has 0 saturated carbocycles. The summed E-state index contributed by atoms with van der Waals surface area (Å²) in [5.41, 5.74) is 0.656. The molecule has 1 saturated heterocycles. The summed E-state index contributed by atoms with van der Waals surface area (Å²) in [4.78, 5) is 11.5. The van der Waals surface area contributed by atoms with Crippen molar-refractivity contribution >= 4 is 38.5 Å². The van der Waals surface area contributed by atoms with Crippen LogP contribution in [-0.4, -0.2) is 30.1 Å². The number of rotatable bonds is 4. The molecule has 0 spiro atoms. The Bertz CT molecular complexity index is 1250. The summed E-state index contributed by atoms with van der Waals surface area (Å²) in [6.45, 7) is 3.59. The van der Waals surface area contributed by atoms with Crippen LogP contribution in [-0.2, 0) is 19.6 Å². The number of aromatic nitrogens is 1. The van der Waals surface area contributed by atoms with Crippen molar-refractivity contribution in [2.24, 2.45) is 5.92 Å². The molecule has 150 valence electrons. The van der Waals surface area contributed by atoms with E-state index in [-0.39, 0.29) is 28.2 Å². The fraction of sp³-hybridized carbons (Fsp3) is 0.150. The van der Waals surface area contributed by atoms with Gasteiger partial charge in [-0.3, -0.25) is 0 Å². The Morgan fingerprint density at radius 3 is 2.55 bits per heavy atom. The number of nitrogens with zero attached hydrogens (tertiary/aromatic N) is 1. The average Bonchev–Trinajstić information content (AvgIpc) is 3.22. The smallest absolute Gasteiger partial charge is 0.333 e. The van der Waals surface area contributed by atoms with E-state index in [1.807, 2.05) is 0 Å². The van der Waals surface area contributed by atoms with Gasteiger partial charge in [0.25, 0.3) is 10.0 Å². The quantitative estimate of drug-likeness (QED) is 0.501. The first kappa shape index (κ1) is 19.6. The van der Waals surface area contributed by atoms with Gasteiger partial charge in [-0.2, -0.15) is 0 Å². The van der Waals surface area contributed by atoms with Crippen LogP contribution in [0.2, 0.25) is 5.02 Å². The van der Waals surface area contributed by atoms with E-state index in [4.69, 9.17) is 16.3 Å². The molecule has 1 aromatic heterocycles. The zero-order chi connectivity index (χ0) is 20.9. The number of carbonyl (C=O) groups excluding carboxylic acids is 1. The van der Waals surface area contributed by atoms with Crippen LogP contribution in [0.25, 0.3) is 10.9 Å². The van der Waals surface area contributed by atoms with E-state index in [2.05, 4.69) is 6.58 Å². The predicted octanol–water partition coefficient (Wildman–Crippen LogP) is 3.43. The Labute approximate surface area is 170 Å². The van der Waals surface area contributed by atoms with Crippen LogP contribution < -0.4 is 0 Å². The fourth-order valence-corrected chi connectivity index (χ4v) is 4.91. The maximum Gasteiger partial charge on any atom is 0.333 e. The van der Waals surface area contributed by atoms with E-state index in [9.17, 15) is 22.7 Å². The molecule has 9 heteroatoms. The second kappa shape index (κ2) is 6.98. The predicted molar refractivity (Wildman–Crippen MR) is 104 cm³/mol. The van der Waals surface area contributed by atoms with Crippen LogP contribution in [0.15, 0.2) is 65.7 Å². The van der Waals surface area contributed by atoms with Crippen molar-refractivity contribution in [3.8, 4) is 0 Å². The number of halogens is 2. The summed E-state index contributed by atoms with van der Waals surface area (Å²) in [7, 11) is -4.08. The van der Waals surface area contributed by atoms with Crippen LogP contribution in [0.1, 0.15) is 11.7 Å². The van der Waals surface area contributed by atoms with E-state index in [0.29, 0.717) is 10.4 Å². The molecular weight excluding hydrogens is 421 g/mol. The first-order valence-corrected chi connectivity index (χ1v) is 10.4. The van der Waals surface area contributed by atoms with Crippen LogP contribution in [0.4, 0.5) is 4.39 Å². The van der Waals surface area contributed by atoms with E-state index in [1.165, 1.54) is 24.4 Å². The van der Waals surface area contributed by atoms with Crippen molar-refractivity contribution in [3.05, 3.63) is 77.2 Å². The van der Waals surface area contributed by atoms with E-state index in [0.717, 1.165) is 28.2 Å². The number of aliphatic hydroxyl groups is 1. The third-order valence-corrected chi connectivity index (χ3v) is 6.86. The highest BCUT2D eigenvalue weighted by Gasteiger charge is 2.37. The lowest BCUT2D eigenvalue weighted by Crippen LogP contribution is -2.15. The van der Waals surface area contributed by atoms with Crippen LogP contribution in [0.3, 0.4) is 0 Å². The lowest BCUT2D eigenvalue weighted by atomic mass is 9.92. The molecule has 4 rings (SSSR count). The van der Waals surface area contributed by atoms with Crippen LogP contribution in [0.5, 0.6) is 0 Å². The normalized spacial score (nSPS) is 18.2. The number of esters is 1. The average molecular weight is 436 g/mol. The number of benzene rings is 2. The maximum absolute atomic E-state index is 13.2. The molecule has 6 nitrogen and oxygen atoms in total. The summed E-state index contributed by atoms with van der Waals surface area (Å²) in [5, 5.41) is 11.6. The Balaban J connectivity index is 1.90. The Morgan fingerprint density at radius 1 is 1.24 bits per heavy atom. The number of carbonyl (C=O) groups is 1. The first-order valence-electron chi connectivity index (χ1n) is 8.56. The standard InChI is InChI=1S/C20H15ClFNO5S/c1-11-17(10-28-20(11)25)19(24)16-9-23(18-7-2-12(21)8-15(16)18)29(26,27)14-5-3-13(22)4-6-14/h2-9,17,19,24H,1,10H2. The van der Waals surface area contributed by atoms with Crippen molar-refractivity contribution in [3.63, 3.8) is 0 Å². The second-order valence-electron chi connectivity index (χ2n) is 6.68. The number of ether oxygens (including phenoxy) is 1. The van der Waals surface area contributed by atoms with Gasteiger partial charge in [0.2, 0.25) is 0 Å². The molecule has 0 bridgehead atoms. The largest absolute Gasteiger partial charge is 0.462 e. The van der Waals surface area contributed by atoms with Crippen LogP contribution in [0, 0.1) is 11.7 Å². The van der Waals surface area contributed by atoms with E-state index < -0.39 is 33.8 Å².